The number of hydrogen-bond acceptors (Lipinski definition) is 4. The van der Waals surface area contributed by atoms with E-state index in [1.54, 1.807) is 11.9 Å². The number of carbonyl (C=O) groups is 1. The Morgan fingerprint density at radius 1 is 1.50 bits per heavy atom. The van der Waals surface area contributed by atoms with Crippen LogP contribution in [0.5, 0.6) is 0 Å². The van der Waals surface area contributed by atoms with Crippen molar-refractivity contribution in [3.63, 3.8) is 0 Å². The van der Waals surface area contributed by atoms with Crippen LogP contribution in [0.4, 0.5) is 0 Å². The van der Waals surface area contributed by atoms with Gasteiger partial charge in [-0.05, 0) is 11.5 Å². The molecular formula is C10H16ClN3OS. The molecule has 0 atom stereocenters. The lowest BCUT2D eigenvalue weighted by Crippen LogP contribution is -2.30. The Balaban J connectivity index is 2.97. The third kappa shape index (κ3) is 2.92. The van der Waals surface area contributed by atoms with Gasteiger partial charge in [-0.2, -0.15) is 0 Å². The summed E-state index contributed by atoms with van der Waals surface area (Å²) in [5, 5.41) is 4.04. The predicted molar refractivity (Wildman–Crippen MR) is 66.3 cm³/mol. The van der Waals surface area contributed by atoms with Gasteiger partial charge in [0.05, 0.1) is 5.69 Å². The normalized spacial score (nSPS) is 11.6. The van der Waals surface area contributed by atoms with Gasteiger partial charge in [0.25, 0.3) is 5.91 Å². The molecular weight excluding hydrogens is 246 g/mol. The van der Waals surface area contributed by atoms with Crippen molar-refractivity contribution in [3.05, 3.63) is 10.6 Å². The van der Waals surface area contributed by atoms with E-state index in [1.807, 2.05) is 20.8 Å². The van der Waals surface area contributed by atoms with Crippen molar-refractivity contribution in [2.75, 3.05) is 19.5 Å². The summed E-state index contributed by atoms with van der Waals surface area (Å²) in [4.78, 5) is 14.3. The summed E-state index contributed by atoms with van der Waals surface area (Å²) in [6.45, 7) is 6.58. The highest BCUT2D eigenvalue weighted by atomic mass is 35.5. The summed E-state index contributed by atoms with van der Waals surface area (Å²) >= 11 is 6.75. The largest absolute Gasteiger partial charge is 0.340 e. The van der Waals surface area contributed by atoms with Gasteiger partial charge in [0, 0.05) is 24.9 Å². The van der Waals surface area contributed by atoms with Crippen LogP contribution in [0.25, 0.3) is 0 Å². The van der Waals surface area contributed by atoms with Crippen LogP contribution in [0.15, 0.2) is 0 Å². The zero-order chi connectivity index (χ0) is 12.3. The molecule has 1 rings (SSSR count). The first kappa shape index (κ1) is 13.4. The lowest BCUT2D eigenvalue weighted by Gasteiger charge is -2.19. The van der Waals surface area contributed by atoms with Gasteiger partial charge >= 0.3 is 0 Å². The highest BCUT2D eigenvalue weighted by Crippen LogP contribution is 2.26. The molecule has 0 aliphatic carbocycles. The first-order chi connectivity index (χ1) is 7.38. The molecule has 4 nitrogen and oxygen atoms in total. The molecule has 6 heteroatoms. The average molecular weight is 262 g/mol. The molecule has 0 aliphatic rings. The topological polar surface area (TPSA) is 46.1 Å². The smallest absolute Gasteiger partial charge is 0.267 e. The minimum absolute atomic E-state index is 0.0550. The maximum Gasteiger partial charge on any atom is 0.267 e. The van der Waals surface area contributed by atoms with Crippen molar-refractivity contribution >= 4 is 29.0 Å². The summed E-state index contributed by atoms with van der Waals surface area (Å²) in [6, 6.07) is 0. The number of hydrogen-bond donors (Lipinski definition) is 0. The van der Waals surface area contributed by atoms with E-state index in [0.29, 0.717) is 17.3 Å². The monoisotopic (exact) mass is 261 g/mol. The molecule has 1 amide bonds. The Labute approximate surface area is 105 Å². The molecule has 0 aromatic carbocycles. The molecule has 1 heterocycles. The van der Waals surface area contributed by atoms with Crippen molar-refractivity contribution in [1.29, 1.82) is 0 Å². The summed E-state index contributed by atoms with van der Waals surface area (Å²) in [7, 11) is 1.73. The standard InChI is InChI=1S/C10H16ClN3OS/c1-10(2,3)8-7(16-13-12-8)9(15)14(4)6-5-11/h5-6H2,1-4H3. The average Bonchev–Trinajstić information content (AvgIpc) is 2.64. The Morgan fingerprint density at radius 2 is 2.12 bits per heavy atom. The number of alkyl halides is 1. The van der Waals surface area contributed by atoms with Gasteiger partial charge in [0.2, 0.25) is 0 Å². The van der Waals surface area contributed by atoms with Crippen LogP contribution in [-0.4, -0.2) is 39.9 Å². The van der Waals surface area contributed by atoms with E-state index in [-0.39, 0.29) is 11.3 Å². The summed E-state index contributed by atoms with van der Waals surface area (Å²) < 4.78 is 3.86. The molecule has 1 aromatic rings. The van der Waals surface area contributed by atoms with Gasteiger partial charge in [-0.1, -0.05) is 25.3 Å². The fraction of sp³-hybridized carbons (Fsp3) is 0.700. The molecule has 0 saturated carbocycles. The van der Waals surface area contributed by atoms with Gasteiger partial charge in [0.1, 0.15) is 4.88 Å². The SMILES string of the molecule is CN(CCCl)C(=O)c1snnc1C(C)(C)C. The van der Waals surface area contributed by atoms with E-state index in [9.17, 15) is 4.79 Å². The fourth-order valence-electron chi connectivity index (χ4n) is 1.22. The molecule has 0 spiro atoms. The van der Waals surface area contributed by atoms with Gasteiger partial charge in [-0.3, -0.25) is 4.79 Å². The van der Waals surface area contributed by atoms with Crippen LogP contribution in [0, 0.1) is 0 Å². The molecule has 0 saturated heterocycles. The zero-order valence-electron chi connectivity index (χ0n) is 9.95. The quantitative estimate of drug-likeness (QED) is 0.784. The Hall–Kier alpha value is -0.680. The third-order valence-electron chi connectivity index (χ3n) is 2.16. The molecule has 0 radical (unpaired) electrons. The molecule has 0 N–H and O–H groups in total. The van der Waals surface area contributed by atoms with Crippen LogP contribution < -0.4 is 0 Å². The van der Waals surface area contributed by atoms with Crippen LogP contribution in [0.1, 0.15) is 36.1 Å². The van der Waals surface area contributed by atoms with E-state index in [2.05, 4.69) is 9.59 Å². The van der Waals surface area contributed by atoms with Crippen molar-refractivity contribution in [3.8, 4) is 0 Å². The minimum Gasteiger partial charge on any atom is -0.340 e. The summed E-state index contributed by atoms with van der Waals surface area (Å²) in [5.41, 5.74) is 0.587. The first-order valence-electron chi connectivity index (χ1n) is 5.02. The Kier molecular flexibility index (Phi) is 4.27. The minimum atomic E-state index is -0.167. The maximum absolute atomic E-state index is 12.1. The molecule has 0 fully saturated rings. The summed E-state index contributed by atoms with van der Waals surface area (Å²) in [5.74, 6) is 0.375. The summed E-state index contributed by atoms with van der Waals surface area (Å²) in [6.07, 6.45) is 0. The Morgan fingerprint density at radius 3 is 2.62 bits per heavy atom. The van der Waals surface area contributed by atoms with Crippen molar-refractivity contribution in [2.45, 2.75) is 26.2 Å². The molecule has 0 unspecified atom stereocenters. The number of nitrogens with zero attached hydrogens (tertiary/aromatic N) is 3. The van der Waals surface area contributed by atoms with E-state index < -0.39 is 0 Å². The molecule has 0 aliphatic heterocycles. The van der Waals surface area contributed by atoms with Crippen LogP contribution in [-0.2, 0) is 5.41 Å². The van der Waals surface area contributed by atoms with Crippen LogP contribution >= 0.6 is 23.1 Å². The fourth-order valence-corrected chi connectivity index (χ4v) is 2.35. The second kappa shape index (κ2) is 5.10. The van der Waals surface area contributed by atoms with Crippen molar-refractivity contribution in [1.82, 2.24) is 14.5 Å². The molecule has 1 aromatic heterocycles. The van der Waals surface area contributed by atoms with Crippen molar-refractivity contribution < 1.29 is 4.79 Å². The zero-order valence-corrected chi connectivity index (χ0v) is 11.5. The number of amides is 1. The highest BCUT2D eigenvalue weighted by molar-refractivity contribution is 7.08. The van der Waals surface area contributed by atoms with Crippen molar-refractivity contribution in [2.24, 2.45) is 0 Å². The lowest BCUT2D eigenvalue weighted by atomic mass is 9.91. The first-order valence-corrected chi connectivity index (χ1v) is 6.33. The number of rotatable bonds is 3. The molecule has 0 bridgehead atoms. The van der Waals surface area contributed by atoms with Gasteiger partial charge in [-0.15, -0.1) is 16.7 Å². The van der Waals surface area contributed by atoms with E-state index in [0.717, 1.165) is 17.2 Å². The van der Waals surface area contributed by atoms with Crippen LogP contribution in [0.3, 0.4) is 0 Å². The van der Waals surface area contributed by atoms with Gasteiger partial charge in [0.15, 0.2) is 0 Å². The van der Waals surface area contributed by atoms with E-state index >= 15 is 0 Å². The lowest BCUT2D eigenvalue weighted by molar-refractivity contribution is 0.0805. The van der Waals surface area contributed by atoms with Crippen LogP contribution in [0.2, 0.25) is 0 Å². The molecule has 90 valence electrons. The maximum atomic E-state index is 12.1. The number of carbonyl (C=O) groups excluding carboxylic acids is 1. The highest BCUT2D eigenvalue weighted by Gasteiger charge is 2.27. The van der Waals surface area contributed by atoms with E-state index in [4.69, 9.17) is 11.6 Å². The predicted octanol–water partition coefficient (Wildman–Crippen LogP) is 2.15. The molecule has 16 heavy (non-hydrogen) atoms. The Bertz CT molecular complexity index is 372. The van der Waals surface area contributed by atoms with E-state index in [1.165, 1.54) is 0 Å². The second-order valence-electron chi connectivity index (χ2n) is 4.62. The number of aromatic nitrogens is 2. The van der Waals surface area contributed by atoms with Gasteiger partial charge < -0.3 is 4.90 Å². The second-order valence-corrected chi connectivity index (χ2v) is 5.75. The number of halogens is 1. The third-order valence-corrected chi connectivity index (χ3v) is 3.04. The van der Waals surface area contributed by atoms with Gasteiger partial charge in [-0.25, -0.2) is 0 Å².